The quantitative estimate of drug-likeness (QED) is 0.629. The summed E-state index contributed by atoms with van der Waals surface area (Å²) in [4.78, 5) is 7.05. The van der Waals surface area contributed by atoms with Crippen LogP contribution in [0, 0.1) is 6.92 Å². The van der Waals surface area contributed by atoms with Gasteiger partial charge in [-0.25, -0.2) is 4.98 Å². The van der Waals surface area contributed by atoms with Crippen molar-refractivity contribution in [2.75, 3.05) is 27.2 Å². The first-order chi connectivity index (χ1) is 13.1. The number of ether oxygens (including phenoxy) is 1. The Hall–Kier alpha value is -2.40. The maximum Gasteiger partial charge on any atom is 0.182 e. The van der Waals surface area contributed by atoms with Crippen molar-refractivity contribution in [3.8, 4) is 17.0 Å². The molecule has 0 N–H and O–H groups in total. The van der Waals surface area contributed by atoms with Crippen molar-refractivity contribution in [2.45, 2.75) is 39.2 Å². The minimum absolute atomic E-state index is 0.643. The predicted molar refractivity (Wildman–Crippen MR) is 109 cm³/mol. The summed E-state index contributed by atoms with van der Waals surface area (Å²) in [7, 11) is 4.11. The second kappa shape index (κ2) is 7.31. The summed E-state index contributed by atoms with van der Waals surface area (Å²) in [6, 6.07) is 10.5. The van der Waals surface area contributed by atoms with E-state index in [1.165, 1.54) is 29.5 Å². The van der Waals surface area contributed by atoms with Crippen LogP contribution in [0.1, 0.15) is 36.9 Å². The van der Waals surface area contributed by atoms with E-state index in [0.29, 0.717) is 12.5 Å². The van der Waals surface area contributed by atoms with Crippen LogP contribution in [0.4, 0.5) is 0 Å². The normalized spacial score (nSPS) is 14.3. The van der Waals surface area contributed by atoms with Crippen LogP contribution in [0.15, 0.2) is 30.3 Å². The molecular weight excluding hydrogens is 336 g/mol. The summed E-state index contributed by atoms with van der Waals surface area (Å²) in [6.45, 7) is 6.69. The molecule has 0 unspecified atom stereocenters. The highest BCUT2D eigenvalue weighted by Crippen LogP contribution is 2.45. The highest BCUT2D eigenvalue weighted by Gasteiger charge is 2.29. The Morgan fingerprint density at radius 2 is 2.00 bits per heavy atom. The summed E-state index contributed by atoms with van der Waals surface area (Å²) in [5.74, 6) is 1.53. The van der Waals surface area contributed by atoms with Crippen molar-refractivity contribution < 1.29 is 4.74 Å². The molecule has 1 fully saturated rings. The van der Waals surface area contributed by atoms with Gasteiger partial charge in [0, 0.05) is 29.7 Å². The lowest BCUT2D eigenvalue weighted by Crippen LogP contribution is -2.19. The van der Waals surface area contributed by atoms with E-state index in [1.54, 1.807) is 0 Å². The van der Waals surface area contributed by atoms with Gasteiger partial charge in [0.25, 0.3) is 0 Å². The molecule has 3 aromatic rings. The summed E-state index contributed by atoms with van der Waals surface area (Å²) >= 11 is 0. The lowest BCUT2D eigenvalue weighted by Gasteiger charge is -2.14. The van der Waals surface area contributed by atoms with Crippen molar-refractivity contribution in [3.05, 3.63) is 41.6 Å². The number of aromatic nitrogens is 3. The number of benzene rings is 1. The first-order valence-corrected chi connectivity index (χ1v) is 9.83. The van der Waals surface area contributed by atoms with Gasteiger partial charge in [-0.3, -0.25) is 4.68 Å². The molecule has 5 nitrogen and oxygen atoms in total. The molecular formula is C22H28N4O. The van der Waals surface area contributed by atoms with E-state index in [9.17, 15) is 0 Å². The highest BCUT2D eigenvalue weighted by molar-refractivity contribution is 5.86. The lowest BCUT2D eigenvalue weighted by molar-refractivity contribution is 0.262. The molecule has 0 aliphatic heterocycles. The largest absolute Gasteiger partial charge is 0.492 e. The predicted octanol–water partition coefficient (Wildman–Crippen LogP) is 4.24. The number of rotatable bonds is 7. The standard InChI is InChI=1S/C22H28N4O/c1-5-26-15(2)21-18(16-10-11-16)14-19(23-22(21)24-26)17-8-6-7-9-20(17)27-13-12-25(3)4/h6-9,14,16H,5,10-13H2,1-4H3. The summed E-state index contributed by atoms with van der Waals surface area (Å²) in [5.41, 5.74) is 5.49. The molecule has 1 aromatic carbocycles. The summed E-state index contributed by atoms with van der Waals surface area (Å²) in [5, 5.41) is 6.01. The number of aryl methyl sites for hydroxylation is 2. The van der Waals surface area contributed by atoms with Gasteiger partial charge in [0.2, 0.25) is 0 Å². The van der Waals surface area contributed by atoms with E-state index in [0.717, 1.165) is 35.7 Å². The van der Waals surface area contributed by atoms with Gasteiger partial charge in [-0.15, -0.1) is 0 Å². The van der Waals surface area contributed by atoms with E-state index < -0.39 is 0 Å². The number of fused-ring (bicyclic) bond motifs is 1. The van der Waals surface area contributed by atoms with Crippen LogP contribution in [0.5, 0.6) is 5.75 Å². The molecule has 0 amide bonds. The number of pyridine rings is 1. The Balaban J connectivity index is 1.78. The van der Waals surface area contributed by atoms with Gasteiger partial charge < -0.3 is 9.64 Å². The Labute approximate surface area is 161 Å². The fraction of sp³-hybridized carbons (Fsp3) is 0.455. The maximum absolute atomic E-state index is 6.07. The molecule has 142 valence electrons. The Bertz CT molecular complexity index is 956. The van der Waals surface area contributed by atoms with Gasteiger partial charge in [0.05, 0.1) is 5.69 Å². The van der Waals surface area contributed by atoms with Crippen LogP contribution >= 0.6 is 0 Å². The van der Waals surface area contributed by atoms with E-state index in [4.69, 9.17) is 14.8 Å². The molecule has 5 heteroatoms. The molecule has 0 spiro atoms. The topological polar surface area (TPSA) is 43.2 Å². The van der Waals surface area contributed by atoms with E-state index >= 15 is 0 Å². The third-order valence-corrected chi connectivity index (χ3v) is 5.27. The maximum atomic E-state index is 6.07. The van der Waals surface area contributed by atoms with Crippen molar-refractivity contribution in [1.82, 2.24) is 19.7 Å². The Morgan fingerprint density at radius 3 is 2.70 bits per heavy atom. The van der Waals surface area contributed by atoms with Gasteiger partial charge in [0.15, 0.2) is 5.65 Å². The van der Waals surface area contributed by atoms with Crippen molar-refractivity contribution >= 4 is 11.0 Å². The minimum Gasteiger partial charge on any atom is -0.492 e. The number of nitrogens with zero attached hydrogens (tertiary/aromatic N) is 4. The van der Waals surface area contributed by atoms with E-state index in [-0.39, 0.29) is 0 Å². The molecule has 1 aliphatic carbocycles. The van der Waals surface area contributed by atoms with Gasteiger partial charge in [-0.2, -0.15) is 5.10 Å². The second-order valence-corrected chi connectivity index (χ2v) is 7.62. The smallest absolute Gasteiger partial charge is 0.182 e. The molecule has 0 atom stereocenters. The van der Waals surface area contributed by atoms with E-state index in [2.05, 4.69) is 49.7 Å². The average molecular weight is 364 g/mol. The van der Waals surface area contributed by atoms with Crippen molar-refractivity contribution in [3.63, 3.8) is 0 Å². The molecule has 2 aromatic heterocycles. The Kier molecular flexibility index (Phi) is 4.87. The number of likely N-dealkylation sites (N-methyl/N-ethyl adjacent to an activating group) is 1. The third kappa shape index (κ3) is 3.56. The van der Waals surface area contributed by atoms with Crippen LogP contribution in [-0.2, 0) is 6.54 Å². The fourth-order valence-corrected chi connectivity index (χ4v) is 3.62. The van der Waals surface area contributed by atoms with Crippen molar-refractivity contribution in [2.24, 2.45) is 0 Å². The number of hydrogen-bond acceptors (Lipinski definition) is 4. The minimum atomic E-state index is 0.643. The zero-order chi connectivity index (χ0) is 19.0. The van der Waals surface area contributed by atoms with Gasteiger partial charge in [-0.1, -0.05) is 12.1 Å². The zero-order valence-corrected chi connectivity index (χ0v) is 16.7. The van der Waals surface area contributed by atoms with Gasteiger partial charge >= 0.3 is 0 Å². The highest BCUT2D eigenvalue weighted by atomic mass is 16.5. The molecule has 0 radical (unpaired) electrons. The number of para-hydroxylation sites is 1. The van der Waals surface area contributed by atoms with Gasteiger partial charge in [-0.05, 0) is 70.5 Å². The van der Waals surface area contributed by atoms with Crippen molar-refractivity contribution in [1.29, 1.82) is 0 Å². The van der Waals surface area contributed by atoms with Crippen LogP contribution in [0.25, 0.3) is 22.3 Å². The molecule has 1 saturated carbocycles. The third-order valence-electron chi connectivity index (χ3n) is 5.27. The fourth-order valence-electron chi connectivity index (χ4n) is 3.62. The van der Waals surface area contributed by atoms with E-state index in [1.807, 2.05) is 18.2 Å². The Morgan fingerprint density at radius 1 is 1.22 bits per heavy atom. The molecule has 0 bridgehead atoms. The molecule has 0 saturated heterocycles. The monoisotopic (exact) mass is 364 g/mol. The second-order valence-electron chi connectivity index (χ2n) is 7.62. The first kappa shape index (κ1) is 18.0. The molecule has 2 heterocycles. The SMILES string of the molecule is CCn1nc2nc(-c3ccccc3OCCN(C)C)cc(C3CC3)c2c1C. The van der Waals surface area contributed by atoms with Crippen LogP contribution in [0.3, 0.4) is 0 Å². The summed E-state index contributed by atoms with van der Waals surface area (Å²) < 4.78 is 8.14. The van der Waals surface area contributed by atoms with Crippen LogP contribution < -0.4 is 4.74 Å². The first-order valence-electron chi connectivity index (χ1n) is 9.83. The molecule has 27 heavy (non-hydrogen) atoms. The molecule has 4 rings (SSSR count). The molecule has 1 aliphatic rings. The number of hydrogen-bond donors (Lipinski definition) is 0. The average Bonchev–Trinajstić information content (AvgIpc) is 3.45. The van der Waals surface area contributed by atoms with Crippen LogP contribution in [-0.4, -0.2) is 46.9 Å². The van der Waals surface area contributed by atoms with Crippen LogP contribution in [0.2, 0.25) is 0 Å². The van der Waals surface area contributed by atoms with Gasteiger partial charge in [0.1, 0.15) is 12.4 Å². The summed E-state index contributed by atoms with van der Waals surface area (Å²) in [6.07, 6.45) is 2.52. The lowest BCUT2D eigenvalue weighted by atomic mass is 10.0. The zero-order valence-electron chi connectivity index (χ0n) is 16.7.